The van der Waals surface area contributed by atoms with Gasteiger partial charge in [0.2, 0.25) is 10.0 Å². The first-order valence-electron chi connectivity index (χ1n) is 7.69. The largest absolute Gasteiger partial charge is 0.450 e. The molecule has 6 nitrogen and oxygen atoms in total. The van der Waals surface area contributed by atoms with Gasteiger partial charge >= 0.3 is 5.97 Å². The summed E-state index contributed by atoms with van der Waals surface area (Å²) in [5.41, 5.74) is 1.38. The lowest BCUT2D eigenvalue weighted by molar-refractivity contribution is -0.147. The summed E-state index contributed by atoms with van der Waals surface area (Å²) in [6, 6.07) is 14.6. The number of sulfonamides is 1. The van der Waals surface area contributed by atoms with E-state index in [1.807, 2.05) is 36.4 Å². The number of carbonyl (C=O) groups excluding carboxylic acids is 1. The summed E-state index contributed by atoms with van der Waals surface area (Å²) in [7, 11) is -3.33. The third-order valence-corrected chi connectivity index (χ3v) is 5.72. The minimum atomic E-state index is -3.33. The first kappa shape index (κ1) is 16.6. The zero-order chi connectivity index (χ0) is 17.0. The van der Waals surface area contributed by atoms with Crippen LogP contribution in [0.5, 0.6) is 0 Å². The highest BCUT2D eigenvalue weighted by atomic mass is 32.2. The molecule has 2 aromatic rings. The molecule has 7 heteroatoms. The van der Waals surface area contributed by atoms with Crippen LogP contribution in [0.25, 0.3) is 0 Å². The number of benzene rings is 1. The van der Waals surface area contributed by atoms with E-state index in [4.69, 9.17) is 4.74 Å². The smallest absolute Gasteiger partial charge is 0.322 e. The monoisotopic (exact) mass is 346 g/mol. The van der Waals surface area contributed by atoms with E-state index in [2.05, 4.69) is 4.98 Å². The summed E-state index contributed by atoms with van der Waals surface area (Å²) >= 11 is 0. The molecular formula is C17H18N2O4S. The summed E-state index contributed by atoms with van der Waals surface area (Å²) in [5, 5.41) is 0. The molecule has 0 amide bonds. The first-order valence-corrected chi connectivity index (χ1v) is 9.30. The van der Waals surface area contributed by atoms with Gasteiger partial charge in [0.05, 0.1) is 11.4 Å². The zero-order valence-corrected chi connectivity index (χ0v) is 13.9. The van der Waals surface area contributed by atoms with E-state index in [9.17, 15) is 13.2 Å². The van der Waals surface area contributed by atoms with E-state index >= 15 is 0 Å². The predicted molar refractivity (Wildman–Crippen MR) is 88.6 cm³/mol. The molecule has 1 aromatic carbocycles. The number of ether oxygens (including phenoxy) is 1. The van der Waals surface area contributed by atoms with Crippen LogP contribution >= 0.6 is 0 Å². The van der Waals surface area contributed by atoms with Crippen molar-refractivity contribution < 1.29 is 17.9 Å². The van der Waals surface area contributed by atoms with Crippen LogP contribution in [0.2, 0.25) is 0 Å². The van der Waals surface area contributed by atoms with Gasteiger partial charge in [-0.2, -0.15) is 4.31 Å². The summed E-state index contributed by atoms with van der Waals surface area (Å²) in [6.45, 7) is 0.0928. The minimum absolute atomic E-state index is 0.0859. The molecule has 2 heterocycles. The number of nitrogens with zero attached hydrogens (tertiary/aromatic N) is 2. The molecule has 1 fully saturated rings. The Morgan fingerprint density at radius 1 is 1.17 bits per heavy atom. The molecule has 1 aromatic heterocycles. The standard InChI is InChI=1S/C17H18N2O4S/c20-16(13-19-11-6-12-24(19,21)22)23-17(14-7-2-1-3-8-14)15-9-4-5-10-18-15/h1-5,7-10,17H,6,11-13H2. The maximum absolute atomic E-state index is 12.3. The highest BCUT2D eigenvalue weighted by Gasteiger charge is 2.31. The molecular weight excluding hydrogens is 328 g/mol. The fourth-order valence-corrected chi connectivity index (χ4v) is 4.10. The molecule has 0 spiro atoms. The predicted octanol–water partition coefficient (Wildman–Crippen LogP) is 1.75. The van der Waals surface area contributed by atoms with Gasteiger partial charge in [0, 0.05) is 12.7 Å². The van der Waals surface area contributed by atoms with Crippen LogP contribution < -0.4 is 0 Å². The van der Waals surface area contributed by atoms with Crippen molar-refractivity contribution in [3.8, 4) is 0 Å². The number of pyridine rings is 1. The van der Waals surface area contributed by atoms with E-state index in [0.29, 0.717) is 18.7 Å². The Morgan fingerprint density at radius 3 is 2.54 bits per heavy atom. The Bertz CT molecular complexity index is 754. The van der Waals surface area contributed by atoms with E-state index in [1.54, 1.807) is 18.3 Å². The van der Waals surface area contributed by atoms with Gasteiger partial charge in [0.25, 0.3) is 0 Å². The highest BCUT2D eigenvalue weighted by molar-refractivity contribution is 7.89. The van der Waals surface area contributed by atoms with Gasteiger partial charge in [-0.1, -0.05) is 36.4 Å². The van der Waals surface area contributed by atoms with Gasteiger partial charge in [0.15, 0.2) is 6.10 Å². The molecule has 1 atom stereocenters. The molecule has 0 N–H and O–H groups in total. The van der Waals surface area contributed by atoms with Crippen molar-refractivity contribution in [2.75, 3.05) is 18.8 Å². The van der Waals surface area contributed by atoms with Gasteiger partial charge in [0.1, 0.15) is 6.54 Å². The van der Waals surface area contributed by atoms with Crippen molar-refractivity contribution in [3.05, 3.63) is 66.0 Å². The van der Waals surface area contributed by atoms with Crippen LogP contribution in [0.4, 0.5) is 0 Å². The number of hydrogen-bond donors (Lipinski definition) is 0. The highest BCUT2D eigenvalue weighted by Crippen LogP contribution is 2.25. The summed E-state index contributed by atoms with van der Waals surface area (Å²) < 4.78 is 30.4. The molecule has 24 heavy (non-hydrogen) atoms. The molecule has 1 unspecified atom stereocenters. The second-order valence-electron chi connectivity index (χ2n) is 5.54. The van der Waals surface area contributed by atoms with Crippen molar-refractivity contribution in [2.24, 2.45) is 0 Å². The summed E-state index contributed by atoms with van der Waals surface area (Å²) in [6.07, 6.45) is 1.51. The lowest BCUT2D eigenvalue weighted by Gasteiger charge is -2.20. The third kappa shape index (κ3) is 3.80. The molecule has 1 saturated heterocycles. The number of aromatic nitrogens is 1. The first-order chi connectivity index (χ1) is 11.6. The van der Waals surface area contributed by atoms with Gasteiger partial charge in [-0.15, -0.1) is 0 Å². The average Bonchev–Trinajstić information content (AvgIpc) is 2.92. The fourth-order valence-electron chi connectivity index (χ4n) is 2.64. The van der Waals surface area contributed by atoms with Crippen LogP contribution in [0.1, 0.15) is 23.8 Å². The maximum atomic E-state index is 12.3. The second kappa shape index (κ2) is 7.11. The number of carbonyl (C=O) groups is 1. The number of esters is 1. The summed E-state index contributed by atoms with van der Waals surface area (Å²) in [5.74, 6) is -0.497. The van der Waals surface area contributed by atoms with Crippen LogP contribution in [-0.2, 0) is 19.6 Å². The maximum Gasteiger partial charge on any atom is 0.322 e. The second-order valence-corrected chi connectivity index (χ2v) is 7.63. The van der Waals surface area contributed by atoms with Crippen molar-refractivity contribution >= 4 is 16.0 Å². The van der Waals surface area contributed by atoms with Crippen LogP contribution in [0.3, 0.4) is 0 Å². The minimum Gasteiger partial charge on any atom is -0.450 e. The van der Waals surface area contributed by atoms with E-state index in [0.717, 1.165) is 5.56 Å². The SMILES string of the molecule is O=C(CN1CCCS1(=O)=O)OC(c1ccccc1)c1ccccn1. The topological polar surface area (TPSA) is 76.6 Å². The van der Waals surface area contributed by atoms with Gasteiger partial charge in [-0.05, 0) is 24.1 Å². The van der Waals surface area contributed by atoms with Crippen molar-refractivity contribution in [3.63, 3.8) is 0 Å². The molecule has 0 bridgehead atoms. The van der Waals surface area contributed by atoms with E-state index < -0.39 is 22.1 Å². The fraction of sp³-hybridized carbons (Fsp3) is 0.294. The van der Waals surface area contributed by atoms with Gasteiger partial charge in [-0.25, -0.2) is 8.42 Å². The van der Waals surface area contributed by atoms with Gasteiger partial charge in [-0.3, -0.25) is 9.78 Å². The molecule has 126 valence electrons. The quantitative estimate of drug-likeness (QED) is 0.771. The van der Waals surface area contributed by atoms with E-state index in [-0.39, 0.29) is 12.3 Å². The average molecular weight is 346 g/mol. The number of hydrogen-bond acceptors (Lipinski definition) is 5. The lowest BCUT2D eigenvalue weighted by Crippen LogP contribution is -2.33. The van der Waals surface area contributed by atoms with Crippen molar-refractivity contribution in [2.45, 2.75) is 12.5 Å². The van der Waals surface area contributed by atoms with Crippen molar-refractivity contribution in [1.82, 2.24) is 9.29 Å². The van der Waals surface area contributed by atoms with Crippen LogP contribution in [0, 0.1) is 0 Å². The summed E-state index contributed by atoms with van der Waals surface area (Å²) in [4.78, 5) is 16.5. The lowest BCUT2D eigenvalue weighted by atomic mass is 10.1. The zero-order valence-electron chi connectivity index (χ0n) is 13.0. The molecule has 3 rings (SSSR count). The Morgan fingerprint density at radius 2 is 1.92 bits per heavy atom. The van der Waals surface area contributed by atoms with E-state index in [1.165, 1.54) is 4.31 Å². The third-order valence-electron chi connectivity index (χ3n) is 3.82. The Balaban J connectivity index is 1.78. The molecule has 0 radical (unpaired) electrons. The Kier molecular flexibility index (Phi) is 4.92. The van der Waals surface area contributed by atoms with Crippen molar-refractivity contribution in [1.29, 1.82) is 0 Å². The Labute approximate surface area is 141 Å². The van der Waals surface area contributed by atoms with Gasteiger partial charge < -0.3 is 4.74 Å². The molecule has 0 saturated carbocycles. The Hall–Kier alpha value is -2.25. The van der Waals surface area contributed by atoms with Crippen LogP contribution in [0.15, 0.2) is 54.7 Å². The normalized spacial score (nSPS) is 18.2. The molecule has 1 aliphatic heterocycles. The van der Waals surface area contributed by atoms with Crippen LogP contribution in [-0.4, -0.2) is 42.5 Å². The molecule has 0 aliphatic carbocycles. The number of rotatable bonds is 5. The molecule has 1 aliphatic rings.